The molecule has 0 spiro atoms. The number of benzene rings is 2. The van der Waals surface area contributed by atoms with E-state index in [1.54, 1.807) is 24.3 Å². The minimum atomic E-state index is -1.42. The van der Waals surface area contributed by atoms with Crippen LogP contribution in [0.3, 0.4) is 0 Å². The standard InChI is InChI=1S/C13H11ClN2O3S/c14-10-4-5-13(16(17)18)9(6-10)8-20(19)12-3-1-2-11(15)7-12/h1-7H,8,15H2. The number of nitro benzene ring substituents is 1. The first-order valence-corrected chi connectivity index (χ1v) is 7.34. The second-order valence-corrected chi connectivity index (χ2v) is 5.98. The SMILES string of the molecule is Nc1cccc(S(=O)Cc2cc(Cl)ccc2[N+](=O)[O-])c1. The Kier molecular flexibility index (Phi) is 4.36. The van der Waals surface area contributed by atoms with Crippen LogP contribution in [0.2, 0.25) is 5.02 Å². The van der Waals surface area contributed by atoms with Crippen molar-refractivity contribution in [3.63, 3.8) is 0 Å². The highest BCUT2D eigenvalue weighted by Gasteiger charge is 2.17. The van der Waals surface area contributed by atoms with E-state index in [9.17, 15) is 14.3 Å². The van der Waals surface area contributed by atoms with E-state index < -0.39 is 15.7 Å². The van der Waals surface area contributed by atoms with Crippen LogP contribution in [0.5, 0.6) is 0 Å². The monoisotopic (exact) mass is 310 g/mol. The number of hydrogen-bond donors (Lipinski definition) is 1. The first-order chi connectivity index (χ1) is 9.47. The third-order valence-electron chi connectivity index (χ3n) is 2.65. The zero-order chi connectivity index (χ0) is 14.7. The van der Waals surface area contributed by atoms with E-state index in [0.717, 1.165) is 0 Å². The van der Waals surface area contributed by atoms with Crippen molar-refractivity contribution in [3.8, 4) is 0 Å². The molecule has 2 aromatic carbocycles. The molecule has 0 amide bonds. The Labute approximate surface area is 123 Å². The van der Waals surface area contributed by atoms with Gasteiger partial charge in [-0.3, -0.25) is 14.3 Å². The van der Waals surface area contributed by atoms with Crippen molar-refractivity contribution in [1.82, 2.24) is 0 Å². The summed E-state index contributed by atoms with van der Waals surface area (Å²) in [6, 6.07) is 10.8. The summed E-state index contributed by atoms with van der Waals surface area (Å²) >= 11 is 5.83. The van der Waals surface area contributed by atoms with E-state index in [2.05, 4.69) is 0 Å². The highest BCUT2D eigenvalue weighted by molar-refractivity contribution is 7.84. The van der Waals surface area contributed by atoms with Crippen LogP contribution in [0.15, 0.2) is 47.4 Å². The minimum Gasteiger partial charge on any atom is -0.399 e. The lowest BCUT2D eigenvalue weighted by molar-refractivity contribution is -0.385. The van der Waals surface area contributed by atoms with Crippen molar-refractivity contribution in [3.05, 3.63) is 63.2 Å². The molecule has 2 aromatic rings. The Morgan fingerprint density at radius 1 is 1.25 bits per heavy atom. The smallest absolute Gasteiger partial charge is 0.273 e. The summed E-state index contributed by atoms with van der Waals surface area (Å²) in [5.41, 5.74) is 6.37. The molecule has 20 heavy (non-hydrogen) atoms. The number of rotatable bonds is 4. The maximum absolute atomic E-state index is 12.2. The van der Waals surface area contributed by atoms with Crippen LogP contribution in [0.25, 0.3) is 0 Å². The number of nitrogens with zero attached hydrogens (tertiary/aromatic N) is 1. The van der Waals surface area contributed by atoms with Crippen molar-refractivity contribution >= 4 is 33.8 Å². The highest BCUT2D eigenvalue weighted by atomic mass is 35.5. The summed E-state index contributed by atoms with van der Waals surface area (Å²) in [5, 5.41) is 11.3. The first-order valence-electron chi connectivity index (χ1n) is 5.64. The lowest BCUT2D eigenvalue weighted by atomic mass is 10.2. The van der Waals surface area contributed by atoms with Gasteiger partial charge in [-0.15, -0.1) is 0 Å². The second-order valence-electron chi connectivity index (χ2n) is 4.09. The Morgan fingerprint density at radius 2 is 2.00 bits per heavy atom. The van der Waals surface area contributed by atoms with E-state index in [4.69, 9.17) is 17.3 Å². The lowest BCUT2D eigenvalue weighted by Crippen LogP contribution is -2.01. The van der Waals surface area contributed by atoms with E-state index >= 15 is 0 Å². The van der Waals surface area contributed by atoms with Crippen molar-refractivity contribution in [1.29, 1.82) is 0 Å². The van der Waals surface area contributed by atoms with Gasteiger partial charge in [-0.1, -0.05) is 17.7 Å². The number of nitro groups is 1. The molecule has 7 heteroatoms. The largest absolute Gasteiger partial charge is 0.399 e. The molecule has 0 aliphatic carbocycles. The zero-order valence-electron chi connectivity index (χ0n) is 10.3. The van der Waals surface area contributed by atoms with Gasteiger partial charge in [-0.05, 0) is 30.3 Å². The fourth-order valence-electron chi connectivity index (χ4n) is 1.73. The molecule has 0 fully saturated rings. The molecule has 1 atom stereocenters. The molecule has 0 radical (unpaired) electrons. The number of hydrogen-bond acceptors (Lipinski definition) is 4. The Hall–Kier alpha value is -1.92. The lowest BCUT2D eigenvalue weighted by Gasteiger charge is -2.05. The topological polar surface area (TPSA) is 86.2 Å². The van der Waals surface area contributed by atoms with Crippen LogP contribution in [-0.2, 0) is 16.6 Å². The van der Waals surface area contributed by atoms with Crippen LogP contribution in [-0.4, -0.2) is 9.13 Å². The third kappa shape index (κ3) is 3.34. The third-order valence-corrected chi connectivity index (χ3v) is 4.23. The molecular weight excluding hydrogens is 300 g/mol. The first kappa shape index (κ1) is 14.5. The number of halogens is 1. The van der Waals surface area contributed by atoms with E-state index in [1.807, 2.05) is 0 Å². The predicted octanol–water partition coefficient (Wildman–Crippen LogP) is 3.14. The zero-order valence-corrected chi connectivity index (χ0v) is 11.9. The fourth-order valence-corrected chi connectivity index (χ4v) is 3.10. The molecule has 1 unspecified atom stereocenters. The van der Waals surface area contributed by atoms with Gasteiger partial charge >= 0.3 is 0 Å². The Morgan fingerprint density at radius 3 is 2.65 bits per heavy atom. The fraction of sp³-hybridized carbons (Fsp3) is 0.0769. The van der Waals surface area contributed by atoms with Gasteiger partial charge in [0, 0.05) is 27.2 Å². The van der Waals surface area contributed by atoms with Gasteiger partial charge in [0.2, 0.25) is 0 Å². The van der Waals surface area contributed by atoms with Gasteiger partial charge < -0.3 is 5.73 Å². The van der Waals surface area contributed by atoms with Crippen molar-refractivity contribution in [2.24, 2.45) is 0 Å². The number of nitrogen functional groups attached to an aromatic ring is 1. The molecule has 0 aliphatic heterocycles. The molecule has 0 heterocycles. The summed E-state index contributed by atoms with van der Waals surface area (Å²) in [5.74, 6) is 0.0142. The Balaban J connectivity index is 2.32. The number of anilines is 1. The van der Waals surface area contributed by atoms with E-state index in [-0.39, 0.29) is 11.4 Å². The van der Waals surface area contributed by atoms with Crippen molar-refractivity contribution in [2.75, 3.05) is 5.73 Å². The molecule has 0 aromatic heterocycles. The van der Waals surface area contributed by atoms with E-state index in [1.165, 1.54) is 18.2 Å². The molecule has 0 saturated heterocycles. The van der Waals surface area contributed by atoms with Crippen LogP contribution in [0.4, 0.5) is 11.4 Å². The average molecular weight is 311 g/mol. The molecule has 104 valence electrons. The molecule has 2 rings (SSSR count). The van der Waals surface area contributed by atoms with Crippen molar-refractivity contribution < 1.29 is 9.13 Å². The van der Waals surface area contributed by atoms with Crippen LogP contribution in [0.1, 0.15) is 5.56 Å². The predicted molar refractivity (Wildman–Crippen MR) is 79.1 cm³/mol. The maximum Gasteiger partial charge on any atom is 0.273 e. The summed E-state index contributed by atoms with van der Waals surface area (Å²) in [6.07, 6.45) is 0. The second kappa shape index (κ2) is 6.02. The molecule has 5 nitrogen and oxygen atoms in total. The summed E-state index contributed by atoms with van der Waals surface area (Å²) < 4.78 is 12.2. The molecule has 2 N–H and O–H groups in total. The van der Waals surface area contributed by atoms with Crippen molar-refractivity contribution in [2.45, 2.75) is 10.6 Å². The van der Waals surface area contributed by atoms with Gasteiger partial charge in [-0.25, -0.2) is 0 Å². The van der Waals surface area contributed by atoms with Gasteiger partial charge in [0.25, 0.3) is 5.69 Å². The molecular formula is C13H11ClN2O3S. The quantitative estimate of drug-likeness (QED) is 0.534. The summed E-state index contributed by atoms with van der Waals surface area (Å²) in [6.45, 7) is 0. The minimum absolute atomic E-state index is 0.0142. The van der Waals surface area contributed by atoms with Crippen LogP contribution in [0, 0.1) is 10.1 Å². The van der Waals surface area contributed by atoms with Gasteiger partial charge in [0.1, 0.15) is 0 Å². The molecule has 0 aliphatic rings. The molecule has 0 saturated carbocycles. The van der Waals surface area contributed by atoms with Gasteiger partial charge in [-0.2, -0.15) is 0 Å². The molecule has 0 bridgehead atoms. The normalized spacial score (nSPS) is 12.1. The average Bonchev–Trinajstić information content (AvgIpc) is 2.38. The van der Waals surface area contributed by atoms with Gasteiger partial charge in [0.05, 0.1) is 21.5 Å². The number of nitrogens with two attached hydrogens (primary N) is 1. The Bertz CT molecular complexity index is 691. The van der Waals surface area contributed by atoms with Crippen LogP contribution >= 0.6 is 11.6 Å². The van der Waals surface area contributed by atoms with Gasteiger partial charge in [0.15, 0.2) is 0 Å². The van der Waals surface area contributed by atoms with Crippen LogP contribution < -0.4 is 5.73 Å². The summed E-state index contributed by atoms with van der Waals surface area (Å²) in [4.78, 5) is 11.0. The van der Waals surface area contributed by atoms with E-state index in [0.29, 0.717) is 21.2 Å². The highest BCUT2D eigenvalue weighted by Crippen LogP contribution is 2.25. The maximum atomic E-state index is 12.2. The summed E-state index contributed by atoms with van der Waals surface area (Å²) in [7, 11) is -1.42.